The molecule has 2 rings (SSSR count). The Hall–Kier alpha value is -2.58. The van der Waals surface area contributed by atoms with Gasteiger partial charge in [-0.2, -0.15) is 0 Å². The van der Waals surface area contributed by atoms with Gasteiger partial charge in [0.1, 0.15) is 13.2 Å². The van der Waals surface area contributed by atoms with E-state index in [1.165, 1.54) is 7.11 Å². The fourth-order valence-electron chi connectivity index (χ4n) is 2.78. The van der Waals surface area contributed by atoms with Crippen LogP contribution in [0.3, 0.4) is 0 Å². The molecule has 7 nitrogen and oxygen atoms in total. The summed E-state index contributed by atoms with van der Waals surface area (Å²) < 4.78 is 15.8. The van der Waals surface area contributed by atoms with E-state index < -0.39 is 12.1 Å². The minimum Gasteiger partial charge on any atom is -0.493 e. The molecular weight excluding hydrogens is 380 g/mol. The van der Waals surface area contributed by atoms with Crippen molar-refractivity contribution in [1.29, 1.82) is 0 Å². The number of amides is 2. The third-order valence-corrected chi connectivity index (χ3v) is 5.33. The highest BCUT2D eigenvalue weighted by atomic mass is 32.1. The quantitative estimate of drug-likeness (QED) is 0.665. The van der Waals surface area contributed by atoms with Gasteiger partial charge in [-0.1, -0.05) is 6.07 Å². The molecule has 2 amide bonds. The van der Waals surface area contributed by atoms with Crippen LogP contribution in [0, 0.1) is 0 Å². The number of rotatable bonds is 9. The lowest BCUT2D eigenvalue weighted by molar-refractivity contribution is -0.926. The number of hydrogen-bond acceptors (Lipinski definition) is 6. The van der Waals surface area contributed by atoms with Crippen LogP contribution in [0.25, 0.3) is 0 Å². The molecule has 152 valence electrons. The van der Waals surface area contributed by atoms with Crippen molar-refractivity contribution in [3.05, 3.63) is 46.2 Å². The van der Waals surface area contributed by atoms with E-state index in [-0.39, 0.29) is 5.91 Å². The van der Waals surface area contributed by atoms with E-state index in [2.05, 4.69) is 10.1 Å². The maximum absolute atomic E-state index is 12.2. The molecule has 1 unspecified atom stereocenters. The number of imide groups is 1. The topological polar surface area (TPSA) is 78.3 Å². The van der Waals surface area contributed by atoms with Gasteiger partial charge in [-0.25, -0.2) is 4.79 Å². The molecule has 2 N–H and O–H groups in total. The predicted octanol–water partition coefficient (Wildman–Crippen LogP) is 2.01. The molecule has 2 aromatic rings. The van der Waals surface area contributed by atoms with Crippen LogP contribution in [-0.4, -0.2) is 38.8 Å². The molecular formula is C20H27N2O5S+. The molecule has 0 bridgehead atoms. The Morgan fingerprint density at radius 2 is 2.00 bits per heavy atom. The van der Waals surface area contributed by atoms with Gasteiger partial charge in [0.25, 0.3) is 5.91 Å². The zero-order valence-electron chi connectivity index (χ0n) is 16.6. The van der Waals surface area contributed by atoms with Gasteiger partial charge < -0.3 is 19.1 Å². The fraction of sp³-hybridized carbons (Fsp3) is 0.400. The van der Waals surface area contributed by atoms with Crippen molar-refractivity contribution in [3.8, 4) is 11.5 Å². The predicted molar refractivity (Wildman–Crippen MR) is 107 cm³/mol. The summed E-state index contributed by atoms with van der Waals surface area (Å²) in [5, 5.41) is 4.24. The van der Waals surface area contributed by atoms with E-state index in [4.69, 9.17) is 9.47 Å². The smallest absolute Gasteiger partial charge is 0.413 e. The normalized spacial score (nSPS) is 12.7. The highest BCUT2D eigenvalue weighted by molar-refractivity contribution is 7.09. The summed E-state index contributed by atoms with van der Waals surface area (Å²) in [6.07, 6.45) is -0.749. The molecule has 0 aliphatic heterocycles. The number of hydrogen-bond donors (Lipinski definition) is 2. The van der Waals surface area contributed by atoms with Gasteiger partial charge in [-0.3, -0.25) is 10.1 Å². The molecule has 1 aromatic carbocycles. The molecule has 0 radical (unpaired) electrons. The van der Waals surface area contributed by atoms with Crippen molar-refractivity contribution in [1.82, 2.24) is 5.32 Å². The summed E-state index contributed by atoms with van der Waals surface area (Å²) >= 11 is 1.64. The maximum Gasteiger partial charge on any atom is 0.413 e. The highest BCUT2D eigenvalue weighted by Gasteiger charge is 2.26. The van der Waals surface area contributed by atoms with E-state index in [1.54, 1.807) is 25.4 Å². The first-order valence-electron chi connectivity index (χ1n) is 9.04. The van der Waals surface area contributed by atoms with Crippen LogP contribution in [0.2, 0.25) is 0 Å². The van der Waals surface area contributed by atoms with E-state index >= 15 is 0 Å². The van der Waals surface area contributed by atoms with Gasteiger partial charge in [-0.05, 0) is 43.5 Å². The standard InChI is InChI=1S/C20H26N2O5S/c1-5-22(14(2)19(23)21-20(24)26-4)12-15-8-9-17(18(11-15)25-3)27-13-16-7-6-10-28-16/h6-11,14H,5,12-13H2,1-4H3,(H,21,23,24)/p+1/t14-/m0/s1. The van der Waals surface area contributed by atoms with E-state index in [1.807, 2.05) is 42.6 Å². The third kappa shape index (κ3) is 5.97. The fourth-order valence-corrected chi connectivity index (χ4v) is 3.39. The van der Waals surface area contributed by atoms with Crippen molar-refractivity contribution < 1.29 is 28.7 Å². The molecule has 8 heteroatoms. The third-order valence-electron chi connectivity index (χ3n) is 4.48. The first-order chi connectivity index (χ1) is 13.5. The van der Waals surface area contributed by atoms with Gasteiger partial charge in [0.15, 0.2) is 17.5 Å². The van der Waals surface area contributed by atoms with Gasteiger partial charge >= 0.3 is 6.09 Å². The van der Waals surface area contributed by atoms with Gasteiger partial charge in [0.2, 0.25) is 0 Å². The number of alkyl carbamates (subject to hydrolysis) is 1. The van der Waals surface area contributed by atoms with Crippen molar-refractivity contribution in [2.45, 2.75) is 33.0 Å². The van der Waals surface area contributed by atoms with Crippen molar-refractivity contribution in [2.24, 2.45) is 0 Å². The Bertz CT molecular complexity index is 779. The van der Waals surface area contributed by atoms with Crippen LogP contribution in [-0.2, 0) is 22.7 Å². The number of nitrogens with one attached hydrogen (secondary N) is 2. The summed E-state index contributed by atoms with van der Waals surface area (Å²) in [7, 11) is 2.83. The zero-order valence-corrected chi connectivity index (χ0v) is 17.4. The molecule has 2 atom stereocenters. The molecule has 0 saturated heterocycles. The molecule has 0 aliphatic carbocycles. The number of benzene rings is 1. The number of thiophene rings is 1. The zero-order chi connectivity index (χ0) is 20.5. The minimum atomic E-state index is -0.749. The average Bonchev–Trinajstić information content (AvgIpc) is 3.23. The van der Waals surface area contributed by atoms with E-state index in [0.29, 0.717) is 31.2 Å². The second-order valence-corrected chi connectivity index (χ2v) is 7.28. The van der Waals surface area contributed by atoms with Crippen molar-refractivity contribution in [2.75, 3.05) is 20.8 Å². The van der Waals surface area contributed by atoms with Crippen LogP contribution in [0.4, 0.5) is 4.79 Å². The number of likely N-dealkylation sites (N-methyl/N-ethyl adjacent to an activating group) is 1. The van der Waals surface area contributed by atoms with Gasteiger partial charge in [0, 0.05) is 10.4 Å². The maximum atomic E-state index is 12.2. The van der Waals surface area contributed by atoms with Crippen molar-refractivity contribution in [3.63, 3.8) is 0 Å². The Balaban J connectivity index is 2.04. The molecule has 0 fully saturated rings. The number of carbonyl (C=O) groups is 2. The van der Waals surface area contributed by atoms with E-state index in [9.17, 15) is 9.59 Å². The number of quaternary nitrogens is 1. The summed E-state index contributed by atoms with van der Waals surface area (Å²) in [5.41, 5.74) is 1.01. The monoisotopic (exact) mass is 407 g/mol. The molecule has 28 heavy (non-hydrogen) atoms. The number of ether oxygens (including phenoxy) is 3. The Kier molecular flexibility index (Phi) is 8.28. The molecule has 1 aromatic heterocycles. The van der Waals surface area contributed by atoms with Crippen LogP contribution in [0.5, 0.6) is 11.5 Å². The first kappa shape index (κ1) is 21.7. The Labute approximate surface area is 169 Å². The largest absolute Gasteiger partial charge is 0.493 e. The molecule has 1 heterocycles. The molecule has 0 spiro atoms. The Morgan fingerprint density at radius 3 is 2.61 bits per heavy atom. The molecule has 0 saturated carbocycles. The first-order valence-corrected chi connectivity index (χ1v) is 9.91. The second kappa shape index (κ2) is 10.7. The summed E-state index contributed by atoms with van der Waals surface area (Å²) in [4.78, 5) is 25.6. The van der Waals surface area contributed by atoms with E-state index in [0.717, 1.165) is 15.3 Å². The van der Waals surface area contributed by atoms with Gasteiger partial charge in [-0.15, -0.1) is 11.3 Å². The minimum absolute atomic E-state index is 0.369. The van der Waals surface area contributed by atoms with Crippen LogP contribution in [0.15, 0.2) is 35.7 Å². The molecule has 0 aliphatic rings. The summed E-state index contributed by atoms with van der Waals surface area (Å²) in [6, 6.07) is 9.37. The Morgan fingerprint density at radius 1 is 1.21 bits per heavy atom. The highest BCUT2D eigenvalue weighted by Crippen LogP contribution is 2.29. The lowest BCUT2D eigenvalue weighted by atomic mass is 10.1. The SMILES string of the molecule is CC[NH+](Cc1ccc(OCc2cccs2)c(OC)c1)[C@@H](C)C(=O)NC(=O)OC. The lowest BCUT2D eigenvalue weighted by Crippen LogP contribution is -3.15. The number of methoxy groups -OCH3 is 2. The van der Waals surface area contributed by atoms with Crippen LogP contribution in [0.1, 0.15) is 24.3 Å². The van der Waals surface area contributed by atoms with Gasteiger partial charge in [0.05, 0.1) is 20.8 Å². The van der Waals surface area contributed by atoms with Crippen molar-refractivity contribution >= 4 is 23.3 Å². The summed E-state index contributed by atoms with van der Waals surface area (Å²) in [5.74, 6) is 0.955. The van der Waals surface area contributed by atoms with Crippen LogP contribution < -0.4 is 19.7 Å². The average molecular weight is 408 g/mol. The lowest BCUT2D eigenvalue weighted by Gasteiger charge is -2.24. The second-order valence-electron chi connectivity index (χ2n) is 6.24. The summed E-state index contributed by atoms with van der Waals surface area (Å²) in [6.45, 7) is 5.59. The number of carbonyl (C=O) groups excluding carboxylic acids is 2. The van der Waals surface area contributed by atoms with Crippen LogP contribution >= 0.6 is 11.3 Å².